The van der Waals surface area contributed by atoms with Crippen molar-refractivity contribution >= 4 is 11.8 Å². The van der Waals surface area contributed by atoms with E-state index in [-0.39, 0.29) is 18.3 Å². The Kier molecular flexibility index (Phi) is 3.80. The summed E-state index contributed by atoms with van der Waals surface area (Å²) in [6, 6.07) is 8.32. The summed E-state index contributed by atoms with van der Waals surface area (Å²) in [5, 5.41) is 2.84. The highest BCUT2D eigenvalue weighted by Crippen LogP contribution is 2.01. The number of hydrogen-bond donors (Lipinski definition) is 2. The highest BCUT2D eigenvalue weighted by molar-refractivity contribution is 5.91. The smallest absolute Gasteiger partial charge is 0.194 e. The Labute approximate surface area is 104 Å². The number of anilines is 1. The van der Waals surface area contributed by atoms with Gasteiger partial charge in [0.25, 0.3) is 0 Å². The number of aromatic nitrogens is 2. The van der Waals surface area contributed by atoms with Crippen LogP contribution in [-0.4, -0.2) is 15.9 Å². The Hall–Kier alpha value is -2.50. The van der Waals surface area contributed by atoms with Gasteiger partial charge in [0.15, 0.2) is 5.96 Å². The van der Waals surface area contributed by atoms with Gasteiger partial charge in [-0.3, -0.25) is 4.98 Å². The molecule has 2 aromatic heterocycles. The van der Waals surface area contributed by atoms with Crippen LogP contribution in [0.2, 0.25) is 0 Å². The van der Waals surface area contributed by atoms with Gasteiger partial charge in [0, 0.05) is 6.20 Å². The molecule has 0 unspecified atom stereocenters. The van der Waals surface area contributed by atoms with Crippen LogP contribution in [0.4, 0.5) is 10.2 Å². The maximum absolute atomic E-state index is 12.6. The minimum atomic E-state index is -0.373. The zero-order valence-corrected chi connectivity index (χ0v) is 9.55. The third-order valence-electron chi connectivity index (χ3n) is 2.12. The summed E-state index contributed by atoms with van der Waals surface area (Å²) in [5.41, 5.74) is 6.32. The summed E-state index contributed by atoms with van der Waals surface area (Å²) < 4.78 is 12.6. The van der Waals surface area contributed by atoms with E-state index in [0.717, 1.165) is 6.20 Å². The van der Waals surface area contributed by atoms with Gasteiger partial charge in [0.2, 0.25) is 0 Å². The van der Waals surface area contributed by atoms with Crippen LogP contribution in [0.5, 0.6) is 0 Å². The largest absolute Gasteiger partial charge is 0.370 e. The predicted octanol–water partition coefficient (Wildman–Crippen LogP) is 1.54. The van der Waals surface area contributed by atoms with Gasteiger partial charge in [-0.2, -0.15) is 0 Å². The van der Waals surface area contributed by atoms with Crippen molar-refractivity contribution < 1.29 is 4.39 Å². The number of guanidine groups is 1. The van der Waals surface area contributed by atoms with Gasteiger partial charge in [-0.1, -0.05) is 6.07 Å². The van der Waals surface area contributed by atoms with E-state index in [1.165, 1.54) is 6.07 Å². The molecule has 0 atom stereocenters. The Morgan fingerprint density at radius 1 is 1.28 bits per heavy atom. The molecule has 0 fully saturated rings. The SMILES string of the molecule is NC(=NCc1ccc(F)cn1)Nc1ccccn1. The van der Waals surface area contributed by atoms with Gasteiger partial charge in [-0.15, -0.1) is 0 Å². The molecule has 92 valence electrons. The van der Waals surface area contributed by atoms with Crippen LogP contribution in [0.15, 0.2) is 47.7 Å². The van der Waals surface area contributed by atoms with Gasteiger partial charge in [0.05, 0.1) is 18.4 Å². The molecule has 3 N–H and O–H groups in total. The minimum absolute atomic E-state index is 0.236. The van der Waals surface area contributed by atoms with Crippen molar-refractivity contribution in [3.8, 4) is 0 Å². The lowest BCUT2D eigenvalue weighted by Crippen LogP contribution is -2.23. The first-order valence-electron chi connectivity index (χ1n) is 5.32. The van der Waals surface area contributed by atoms with Crippen LogP contribution in [-0.2, 0) is 6.54 Å². The lowest BCUT2D eigenvalue weighted by molar-refractivity contribution is 0.619. The van der Waals surface area contributed by atoms with E-state index < -0.39 is 0 Å². The molecule has 0 amide bonds. The summed E-state index contributed by atoms with van der Waals surface area (Å²) in [7, 11) is 0. The molecule has 0 aliphatic heterocycles. The maximum atomic E-state index is 12.6. The Bertz CT molecular complexity index is 524. The fourth-order valence-electron chi connectivity index (χ4n) is 1.27. The van der Waals surface area contributed by atoms with Crippen molar-refractivity contribution in [1.29, 1.82) is 0 Å². The van der Waals surface area contributed by atoms with Crippen molar-refractivity contribution in [2.75, 3.05) is 5.32 Å². The van der Waals surface area contributed by atoms with Crippen molar-refractivity contribution in [3.05, 3.63) is 54.2 Å². The molecular weight excluding hydrogens is 233 g/mol. The third-order valence-corrected chi connectivity index (χ3v) is 2.12. The summed E-state index contributed by atoms with van der Waals surface area (Å²) in [4.78, 5) is 12.0. The molecule has 2 aromatic rings. The van der Waals surface area contributed by atoms with Crippen molar-refractivity contribution in [2.45, 2.75) is 6.54 Å². The standard InChI is InChI=1S/C12H12FN5/c13-9-4-5-10(16-7-9)8-17-12(14)18-11-3-1-2-6-15-11/h1-7H,8H2,(H3,14,15,17,18). The van der Waals surface area contributed by atoms with Crippen molar-refractivity contribution in [3.63, 3.8) is 0 Å². The molecule has 5 nitrogen and oxygen atoms in total. The van der Waals surface area contributed by atoms with Crippen molar-refractivity contribution in [2.24, 2.45) is 10.7 Å². The van der Waals surface area contributed by atoms with E-state index in [1.54, 1.807) is 24.4 Å². The van der Waals surface area contributed by atoms with Crippen LogP contribution < -0.4 is 11.1 Å². The average Bonchev–Trinajstić information content (AvgIpc) is 2.39. The van der Waals surface area contributed by atoms with E-state index in [9.17, 15) is 4.39 Å². The molecule has 0 aliphatic rings. The van der Waals surface area contributed by atoms with E-state index >= 15 is 0 Å². The van der Waals surface area contributed by atoms with Crippen molar-refractivity contribution in [1.82, 2.24) is 9.97 Å². The second-order valence-corrected chi connectivity index (χ2v) is 3.51. The van der Waals surface area contributed by atoms with E-state index in [2.05, 4.69) is 20.3 Å². The molecular formula is C12H12FN5. The molecule has 0 aliphatic carbocycles. The highest BCUT2D eigenvalue weighted by atomic mass is 19.1. The number of nitrogens with zero attached hydrogens (tertiary/aromatic N) is 3. The molecule has 2 heterocycles. The van der Waals surface area contributed by atoms with Gasteiger partial charge < -0.3 is 11.1 Å². The highest BCUT2D eigenvalue weighted by Gasteiger charge is 1.97. The Morgan fingerprint density at radius 2 is 2.17 bits per heavy atom. The van der Waals surface area contributed by atoms with Gasteiger partial charge in [-0.25, -0.2) is 14.4 Å². The van der Waals surface area contributed by atoms with E-state index in [4.69, 9.17) is 5.73 Å². The molecule has 0 radical (unpaired) electrons. The molecule has 0 saturated carbocycles. The predicted molar refractivity (Wildman–Crippen MR) is 67.4 cm³/mol. The topological polar surface area (TPSA) is 76.2 Å². The molecule has 0 aromatic carbocycles. The van der Waals surface area contributed by atoms with Gasteiger partial charge in [0.1, 0.15) is 11.6 Å². The first-order valence-corrected chi connectivity index (χ1v) is 5.32. The summed E-state index contributed by atoms with van der Waals surface area (Å²) in [6.07, 6.45) is 2.80. The third kappa shape index (κ3) is 3.51. The normalized spacial score (nSPS) is 11.3. The summed E-state index contributed by atoms with van der Waals surface area (Å²) >= 11 is 0. The number of rotatable bonds is 3. The molecule has 0 saturated heterocycles. The quantitative estimate of drug-likeness (QED) is 0.635. The summed E-state index contributed by atoms with van der Waals surface area (Å²) in [5.74, 6) is 0.480. The number of pyridine rings is 2. The monoisotopic (exact) mass is 245 g/mol. The summed E-state index contributed by atoms with van der Waals surface area (Å²) in [6.45, 7) is 0.284. The van der Waals surface area contributed by atoms with E-state index in [1.807, 2.05) is 6.07 Å². The fourth-order valence-corrected chi connectivity index (χ4v) is 1.27. The second kappa shape index (κ2) is 5.72. The molecule has 0 bridgehead atoms. The van der Waals surface area contributed by atoms with Crippen LogP contribution in [0.1, 0.15) is 5.69 Å². The molecule has 6 heteroatoms. The Morgan fingerprint density at radius 3 is 2.83 bits per heavy atom. The molecule has 2 rings (SSSR count). The first-order chi connectivity index (χ1) is 8.74. The molecule has 0 spiro atoms. The van der Waals surface area contributed by atoms with Crippen LogP contribution in [0, 0.1) is 5.82 Å². The number of nitrogens with one attached hydrogen (secondary N) is 1. The van der Waals surface area contributed by atoms with Crippen LogP contribution >= 0.6 is 0 Å². The van der Waals surface area contributed by atoms with Crippen LogP contribution in [0.3, 0.4) is 0 Å². The first kappa shape index (κ1) is 12.0. The number of nitrogens with two attached hydrogens (primary N) is 1. The zero-order chi connectivity index (χ0) is 12.8. The molecule has 18 heavy (non-hydrogen) atoms. The van der Waals surface area contributed by atoms with Crippen LogP contribution in [0.25, 0.3) is 0 Å². The number of hydrogen-bond acceptors (Lipinski definition) is 3. The van der Waals surface area contributed by atoms with Gasteiger partial charge >= 0.3 is 0 Å². The second-order valence-electron chi connectivity index (χ2n) is 3.51. The number of aliphatic imine (C=N–C) groups is 1. The average molecular weight is 245 g/mol. The minimum Gasteiger partial charge on any atom is -0.370 e. The van der Waals surface area contributed by atoms with E-state index in [0.29, 0.717) is 11.5 Å². The Balaban J connectivity index is 1.95. The van der Waals surface area contributed by atoms with Gasteiger partial charge in [-0.05, 0) is 24.3 Å². The lowest BCUT2D eigenvalue weighted by Gasteiger charge is -2.03. The zero-order valence-electron chi connectivity index (χ0n) is 9.55. The fraction of sp³-hybridized carbons (Fsp3) is 0.0833. The lowest BCUT2D eigenvalue weighted by atomic mass is 10.3. The number of halogens is 1. The maximum Gasteiger partial charge on any atom is 0.194 e.